The second-order valence-corrected chi connectivity index (χ2v) is 9.98. The Balaban J connectivity index is 1.19. The minimum absolute atomic E-state index is 0.0223. The molecule has 2 aromatic carbocycles. The highest BCUT2D eigenvalue weighted by atomic mass is 16.5. The van der Waals surface area contributed by atoms with E-state index >= 15 is 0 Å². The summed E-state index contributed by atoms with van der Waals surface area (Å²) in [6.07, 6.45) is 7.57. The van der Waals surface area contributed by atoms with Crippen molar-refractivity contribution < 1.29 is 14.1 Å². The fourth-order valence-electron chi connectivity index (χ4n) is 5.49. The minimum Gasteiger partial charge on any atom is -0.489 e. The van der Waals surface area contributed by atoms with Crippen LogP contribution in [-0.4, -0.2) is 53.6 Å². The zero-order valence-electron chi connectivity index (χ0n) is 20.2. The summed E-state index contributed by atoms with van der Waals surface area (Å²) in [5.74, 6) is 9.54. The van der Waals surface area contributed by atoms with Crippen LogP contribution < -0.4 is 15.9 Å². The molecule has 1 saturated heterocycles. The van der Waals surface area contributed by atoms with Gasteiger partial charge in [-0.05, 0) is 42.5 Å². The van der Waals surface area contributed by atoms with Crippen LogP contribution in [0, 0.1) is 11.8 Å². The second kappa shape index (κ2) is 9.46. The molecule has 6 rings (SSSR count). The molecule has 1 amide bonds. The number of nitrogens with one attached hydrogen (secondary N) is 1. The van der Waals surface area contributed by atoms with Gasteiger partial charge in [0.15, 0.2) is 0 Å². The van der Waals surface area contributed by atoms with Gasteiger partial charge in [-0.2, -0.15) is 10.8 Å². The van der Waals surface area contributed by atoms with E-state index in [1.807, 2.05) is 54.9 Å². The van der Waals surface area contributed by atoms with E-state index in [4.69, 9.17) is 15.6 Å². The molecule has 8 nitrogen and oxygen atoms in total. The van der Waals surface area contributed by atoms with E-state index < -0.39 is 0 Å². The molecule has 1 unspecified atom stereocenters. The zero-order chi connectivity index (χ0) is 24.5. The fourth-order valence-corrected chi connectivity index (χ4v) is 5.49. The predicted octanol–water partition coefficient (Wildman–Crippen LogP) is 2.94. The molecule has 0 bridgehead atoms. The predicted molar refractivity (Wildman–Crippen MR) is 139 cm³/mol. The van der Waals surface area contributed by atoms with Crippen molar-refractivity contribution >= 4 is 18.0 Å². The van der Waals surface area contributed by atoms with Gasteiger partial charge >= 0.3 is 0 Å². The Hall–Kier alpha value is -3.59. The summed E-state index contributed by atoms with van der Waals surface area (Å²) in [6, 6.07) is 18.1. The lowest BCUT2D eigenvalue weighted by Crippen LogP contribution is -2.53. The molecule has 1 atom stereocenters. The molecule has 3 N–H and O–H groups in total. The van der Waals surface area contributed by atoms with Crippen LogP contribution >= 0.6 is 0 Å². The maximum atomic E-state index is 11.7. The number of nitrogens with two attached hydrogens (primary N) is 1. The Kier molecular flexibility index (Phi) is 6.00. The van der Waals surface area contributed by atoms with Crippen molar-refractivity contribution in [1.82, 2.24) is 10.2 Å². The van der Waals surface area contributed by atoms with Crippen molar-refractivity contribution in [1.29, 1.82) is 0 Å². The van der Waals surface area contributed by atoms with E-state index in [9.17, 15) is 4.79 Å². The second-order valence-electron chi connectivity index (χ2n) is 9.98. The monoisotopic (exact) mass is 483 g/mol. The van der Waals surface area contributed by atoms with Gasteiger partial charge in [-0.3, -0.25) is 14.7 Å². The summed E-state index contributed by atoms with van der Waals surface area (Å²) in [5, 5.41) is 2.90. The Bertz CT molecular complexity index is 1280. The Morgan fingerprint density at radius 2 is 2.00 bits per heavy atom. The number of carbonyl (C=O) groups excluding carboxylic acids is 1. The summed E-state index contributed by atoms with van der Waals surface area (Å²) in [4.78, 5) is 23.5. The van der Waals surface area contributed by atoms with Crippen LogP contribution in [0.3, 0.4) is 0 Å². The average Bonchev–Trinajstić information content (AvgIpc) is 3.18. The lowest BCUT2D eigenvalue weighted by molar-refractivity contribution is -0.750. The third kappa shape index (κ3) is 4.39. The number of amidine groups is 1. The van der Waals surface area contributed by atoms with Gasteiger partial charge in [-0.1, -0.05) is 36.4 Å². The molecule has 36 heavy (non-hydrogen) atoms. The SMILES string of the molecule is N[N+]12C=CN=CC1=C(C1CC(CN3CCNC(=O)C3)C1)N=C2c1cccc(OCc2ccccc2)c1. The van der Waals surface area contributed by atoms with E-state index in [1.54, 1.807) is 6.20 Å². The number of ether oxygens (including phenoxy) is 1. The normalized spacial score (nSPS) is 27.4. The van der Waals surface area contributed by atoms with E-state index in [1.165, 1.54) is 0 Å². The molecule has 1 aliphatic carbocycles. The number of amides is 1. The smallest absolute Gasteiger partial charge is 0.265 e. The molecule has 0 spiro atoms. The molecule has 0 aromatic heterocycles. The number of rotatable bonds is 7. The number of aliphatic imine (C=N–C) groups is 2. The standard InChI is InChI=1S/C28H30N6O2/c29-34-12-10-30-16-25(34)27(23-13-21(14-23)17-33-11-9-31-26(35)18-33)32-28(34)22-7-4-8-24(15-22)36-19-20-5-2-1-3-6-20/h1-8,10,12,15-16,21,23H,9,11,13-14,17-19,29H2/p+1. The molecular weight excluding hydrogens is 452 g/mol. The molecule has 1 saturated carbocycles. The van der Waals surface area contributed by atoms with Crippen molar-refractivity contribution in [3.05, 3.63) is 89.5 Å². The van der Waals surface area contributed by atoms with E-state index in [-0.39, 0.29) is 10.5 Å². The summed E-state index contributed by atoms with van der Waals surface area (Å²) >= 11 is 0. The summed E-state index contributed by atoms with van der Waals surface area (Å²) in [7, 11) is 0. The third-order valence-electron chi connectivity index (χ3n) is 7.42. The first-order chi connectivity index (χ1) is 17.6. The van der Waals surface area contributed by atoms with Gasteiger partial charge in [0.1, 0.15) is 24.3 Å². The Morgan fingerprint density at radius 1 is 1.14 bits per heavy atom. The van der Waals surface area contributed by atoms with E-state index in [0.717, 1.165) is 66.6 Å². The molecule has 8 heteroatoms. The number of benzene rings is 2. The molecule has 3 aliphatic heterocycles. The van der Waals surface area contributed by atoms with E-state index in [2.05, 4.69) is 27.3 Å². The topological polar surface area (TPSA) is 92.3 Å². The summed E-state index contributed by atoms with van der Waals surface area (Å²) in [6.45, 7) is 3.62. The molecule has 184 valence electrons. The number of piperazine rings is 1. The number of nitrogens with zero attached hydrogens (tertiary/aromatic N) is 4. The van der Waals surface area contributed by atoms with Crippen LogP contribution in [0.1, 0.15) is 24.0 Å². The molecule has 0 radical (unpaired) electrons. The average molecular weight is 484 g/mol. The largest absolute Gasteiger partial charge is 0.489 e. The van der Waals surface area contributed by atoms with Gasteiger partial charge in [0.05, 0.1) is 24.5 Å². The van der Waals surface area contributed by atoms with Gasteiger partial charge in [-0.25, -0.2) is 0 Å². The highest BCUT2D eigenvalue weighted by Gasteiger charge is 2.48. The number of hydrogen-bond donors (Lipinski definition) is 2. The molecular formula is C28H31N6O2+. The number of carbonyl (C=O) groups is 1. The Labute approximate surface area is 211 Å². The number of fused-ring (bicyclic) bond motifs is 1. The van der Waals surface area contributed by atoms with Crippen LogP contribution in [0.2, 0.25) is 0 Å². The zero-order valence-corrected chi connectivity index (χ0v) is 20.2. The number of allylic oxidation sites excluding steroid dienone is 2. The number of quaternary nitrogens is 1. The first kappa shape index (κ1) is 22.8. The van der Waals surface area contributed by atoms with E-state index in [0.29, 0.717) is 25.0 Å². The van der Waals surface area contributed by atoms with Crippen molar-refractivity contribution in [2.24, 2.45) is 27.7 Å². The van der Waals surface area contributed by atoms with Crippen LogP contribution in [0.5, 0.6) is 5.75 Å². The van der Waals surface area contributed by atoms with Crippen molar-refractivity contribution in [3.63, 3.8) is 0 Å². The molecule has 3 heterocycles. The Morgan fingerprint density at radius 3 is 2.83 bits per heavy atom. The number of hydrogen-bond acceptors (Lipinski definition) is 6. The minimum atomic E-state index is 0.0223. The highest BCUT2D eigenvalue weighted by Crippen LogP contribution is 2.45. The summed E-state index contributed by atoms with van der Waals surface area (Å²) < 4.78 is 6.09. The first-order valence-corrected chi connectivity index (χ1v) is 12.6. The van der Waals surface area contributed by atoms with Crippen molar-refractivity contribution in [2.45, 2.75) is 19.4 Å². The first-order valence-electron chi connectivity index (χ1n) is 12.6. The van der Waals surface area contributed by atoms with Crippen molar-refractivity contribution in [2.75, 3.05) is 26.2 Å². The lowest BCUT2D eigenvalue weighted by Gasteiger charge is -2.39. The van der Waals surface area contributed by atoms with Crippen LogP contribution in [-0.2, 0) is 11.4 Å². The van der Waals surface area contributed by atoms with Gasteiger partial charge in [-0.15, -0.1) is 4.59 Å². The fraction of sp³-hybridized carbons (Fsp3) is 0.321. The third-order valence-corrected chi connectivity index (χ3v) is 7.42. The molecule has 4 aliphatic rings. The van der Waals surface area contributed by atoms with Gasteiger partial charge < -0.3 is 10.1 Å². The quantitative estimate of drug-likeness (QED) is 0.468. The van der Waals surface area contributed by atoms with Crippen LogP contribution in [0.15, 0.2) is 88.4 Å². The van der Waals surface area contributed by atoms with Gasteiger partial charge in [0.25, 0.3) is 5.84 Å². The lowest BCUT2D eigenvalue weighted by atomic mass is 9.72. The van der Waals surface area contributed by atoms with Crippen molar-refractivity contribution in [3.8, 4) is 5.75 Å². The maximum Gasteiger partial charge on any atom is 0.265 e. The van der Waals surface area contributed by atoms with Gasteiger partial charge in [0.2, 0.25) is 11.6 Å². The molecule has 2 aromatic rings. The van der Waals surface area contributed by atoms with Gasteiger partial charge in [0, 0.05) is 25.6 Å². The highest BCUT2D eigenvalue weighted by molar-refractivity contribution is 6.00. The maximum absolute atomic E-state index is 11.7. The molecule has 2 fully saturated rings. The summed E-state index contributed by atoms with van der Waals surface area (Å²) in [5.41, 5.74) is 4.02. The van der Waals surface area contributed by atoms with Crippen LogP contribution in [0.25, 0.3) is 0 Å². The van der Waals surface area contributed by atoms with Crippen LogP contribution in [0.4, 0.5) is 0 Å².